The van der Waals surface area contributed by atoms with E-state index in [1.807, 2.05) is 0 Å². The van der Waals surface area contributed by atoms with Crippen LogP contribution in [0.1, 0.15) is 6.42 Å². The van der Waals surface area contributed by atoms with E-state index in [1.165, 1.54) is 12.0 Å². The molecule has 0 bridgehead atoms. The van der Waals surface area contributed by atoms with Crippen LogP contribution in [0.3, 0.4) is 0 Å². The van der Waals surface area contributed by atoms with Gasteiger partial charge in [-0.15, -0.1) is 0 Å². The smallest absolute Gasteiger partial charge is 0.321 e. The van der Waals surface area contributed by atoms with Crippen molar-refractivity contribution in [3.63, 3.8) is 0 Å². The first kappa shape index (κ1) is 14.3. The van der Waals surface area contributed by atoms with E-state index in [-0.39, 0.29) is 18.4 Å². The molecule has 0 saturated heterocycles. The first-order valence-electron chi connectivity index (χ1n) is 5.37. The lowest BCUT2D eigenvalue weighted by atomic mass is 10.3. The van der Waals surface area contributed by atoms with E-state index in [0.717, 1.165) is 0 Å². The number of hydrogen-bond donors (Lipinski definition) is 1. The Labute approximate surface area is 111 Å². The van der Waals surface area contributed by atoms with Crippen LogP contribution in [0.5, 0.6) is 0 Å². The van der Waals surface area contributed by atoms with Gasteiger partial charge < -0.3 is 15.0 Å². The molecule has 1 aromatic carbocycles. The maximum absolute atomic E-state index is 11.7. The average Bonchev–Trinajstić information content (AvgIpc) is 2.38. The van der Waals surface area contributed by atoms with Crippen molar-refractivity contribution in [3.8, 4) is 0 Å². The van der Waals surface area contributed by atoms with Crippen LogP contribution in [0, 0.1) is 0 Å². The zero-order chi connectivity index (χ0) is 13.5. The van der Waals surface area contributed by atoms with E-state index < -0.39 is 0 Å². The third-order valence-electron chi connectivity index (χ3n) is 2.32. The third kappa shape index (κ3) is 4.63. The van der Waals surface area contributed by atoms with Crippen molar-refractivity contribution in [1.29, 1.82) is 0 Å². The summed E-state index contributed by atoms with van der Waals surface area (Å²) in [6.45, 7) is 0.298. The molecule has 0 heterocycles. The number of amides is 2. The summed E-state index contributed by atoms with van der Waals surface area (Å²) in [6.07, 6.45) is 0.168. The number of carbonyl (C=O) groups is 2. The van der Waals surface area contributed by atoms with Crippen molar-refractivity contribution < 1.29 is 14.3 Å². The van der Waals surface area contributed by atoms with Crippen LogP contribution >= 0.6 is 11.6 Å². The molecule has 0 aliphatic heterocycles. The third-order valence-corrected chi connectivity index (χ3v) is 2.57. The molecule has 1 N–H and O–H groups in total. The summed E-state index contributed by atoms with van der Waals surface area (Å²) in [5.74, 6) is -0.346. The Morgan fingerprint density at radius 1 is 1.33 bits per heavy atom. The van der Waals surface area contributed by atoms with Gasteiger partial charge in [-0.05, 0) is 24.3 Å². The summed E-state index contributed by atoms with van der Waals surface area (Å²) < 4.78 is 4.50. The average molecular weight is 271 g/mol. The van der Waals surface area contributed by atoms with E-state index in [0.29, 0.717) is 17.3 Å². The van der Waals surface area contributed by atoms with E-state index >= 15 is 0 Å². The summed E-state index contributed by atoms with van der Waals surface area (Å²) in [4.78, 5) is 24.1. The van der Waals surface area contributed by atoms with E-state index in [4.69, 9.17) is 11.6 Å². The van der Waals surface area contributed by atoms with Crippen molar-refractivity contribution in [3.05, 3.63) is 29.3 Å². The maximum atomic E-state index is 11.7. The van der Waals surface area contributed by atoms with E-state index in [1.54, 1.807) is 31.3 Å². The van der Waals surface area contributed by atoms with Crippen molar-refractivity contribution in [1.82, 2.24) is 4.90 Å². The Balaban J connectivity index is 2.44. The molecule has 98 valence electrons. The first-order valence-corrected chi connectivity index (χ1v) is 5.75. The van der Waals surface area contributed by atoms with Gasteiger partial charge in [0.05, 0.1) is 13.5 Å². The summed E-state index contributed by atoms with van der Waals surface area (Å²) in [6, 6.07) is 6.49. The molecule has 0 saturated carbocycles. The van der Waals surface area contributed by atoms with Crippen LogP contribution in [0.2, 0.25) is 5.02 Å². The zero-order valence-corrected chi connectivity index (χ0v) is 11.0. The highest BCUT2D eigenvalue weighted by atomic mass is 35.5. The van der Waals surface area contributed by atoms with Gasteiger partial charge in [0.15, 0.2) is 0 Å². The van der Waals surface area contributed by atoms with Crippen molar-refractivity contribution >= 4 is 29.3 Å². The fraction of sp³-hybridized carbons (Fsp3) is 0.333. The molecular formula is C12H15ClN2O3. The monoisotopic (exact) mass is 270 g/mol. The lowest BCUT2D eigenvalue weighted by molar-refractivity contribution is -0.140. The van der Waals surface area contributed by atoms with Crippen LogP contribution < -0.4 is 5.32 Å². The minimum Gasteiger partial charge on any atom is -0.469 e. The molecule has 18 heavy (non-hydrogen) atoms. The number of rotatable bonds is 4. The van der Waals surface area contributed by atoms with Gasteiger partial charge in [0.1, 0.15) is 0 Å². The number of ether oxygens (including phenoxy) is 1. The highest BCUT2D eigenvalue weighted by Crippen LogP contribution is 2.13. The lowest BCUT2D eigenvalue weighted by Crippen LogP contribution is -2.33. The number of halogens is 1. The van der Waals surface area contributed by atoms with Crippen molar-refractivity contribution in [2.45, 2.75) is 6.42 Å². The SMILES string of the molecule is COC(=O)CCN(C)C(=O)Nc1ccc(Cl)cc1. The molecule has 0 radical (unpaired) electrons. The molecule has 1 rings (SSSR count). The molecule has 6 heteroatoms. The number of urea groups is 1. The number of hydrogen-bond acceptors (Lipinski definition) is 3. The number of nitrogens with zero attached hydrogens (tertiary/aromatic N) is 1. The second kappa shape index (κ2) is 6.86. The van der Waals surface area contributed by atoms with Crippen molar-refractivity contribution in [2.24, 2.45) is 0 Å². The normalized spacial score (nSPS) is 9.72. The minimum absolute atomic E-state index is 0.168. The largest absolute Gasteiger partial charge is 0.469 e. The van der Waals surface area contributed by atoms with Crippen LogP contribution in [0.15, 0.2) is 24.3 Å². The molecule has 0 aliphatic carbocycles. The van der Waals surface area contributed by atoms with Crippen LogP contribution in [-0.4, -0.2) is 37.6 Å². The quantitative estimate of drug-likeness (QED) is 0.855. The predicted octanol–water partition coefficient (Wildman–Crippen LogP) is 2.37. The highest BCUT2D eigenvalue weighted by Gasteiger charge is 2.10. The number of nitrogens with one attached hydrogen (secondary N) is 1. The van der Waals surface area contributed by atoms with Crippen molar-refractivity contribution in [2.75, 3.05) is 26.0 Å². The standard InChI is InChI=1S/C12H15ClN2O3/c1-15(8-7-11(16)18-2)12(17)14-10-5-3-9(13)4-6-10/h3-6H,7-8H2,1-2H3,(H,14,17). The van der Waals surface area contributed by atoms with Gasteiger partial charge in [-0.2, -0.15) is 0 Å². The van der Waals surface area contributed by atoms with E-state index in [9.17, 15) is 9.59 Å². The molecule has 0 unspecified atom stereocenters. The molecule has 0 atom stereocenters. The van der Waals surface area contributed by atoms with Gasteiger partial charge in [0.2, 0.25) is 0 Å². The van der Waals surface area contributed by atoms with Gasteiger partial charge in [0, 0.05) is 24.3 Å². The predicted molar refractivity (Wildman–Crippen MR) is 69.7 cm³/mol. The Morgan fingerprint density at radius 2 is 1.94 bits per heavy atom. The van der Waals surface area contributed by atoms with Crippen LogP contribution in [-0.2, 0) is 9.53 Å². The Morgan fingerprint density at radius 3 is 2.50 bits per heavy atom. The van der Waals surface area contributed by atoms with Gasteiger partial charge in [-0.25, -0.2) is 4.79 Å². The minimum atomic E-state index is -0.346. The van der Waals surface area contributed by atoms with Crippen LogP contribution in [0.4, 0.5) is 10.5 Å². The van der Waals surface area contributed by atoms with Gasteiger partial charge in [-0.1, -0.05) is 11.6 Å². The molecular weight excluding hydrogens is 256 g/mol. The summed E-state index contributed by atoms with van der Waals surface area (Å²) in [7, 11) is 2.92. The summed E-state index contributed by atoms with van der Waals surface area (Å²) in [5, 5.41) is 3.29. The Hall–Kier alpha value is -1.75. The molecule has 0 aromatic heterocycles. The highest BCUT2D eigenvalue weighted by molar-refractivity contribution is 6.30. The molecule has 1 aromatic rings. The first-order chi connectivity index (χ1) is 8.52. The number of esters is 1. The second-order valence-electron chi connectivity index (χ2n) is 3.68. The molecule has 2 amide bonds. The van der Waals surface area contributed by atoms with Gasteiger partial charge >= 0.3 is 12.0 Å². The fourth-order valence-electron chi connectivity index (χ4n) is 1.21. The van der Waals surface area contributed by atoms with E-state index in [2.05, 4.69) is 10.1 Å². The zero-order valence-electron chi connectivity index (χ0n) is 10.3. The van der Waals surface area contributed by atoms with Gasteiger partial charge in [-0.3, -0.25) is 4.79 Å². The topological polar surface area (TPSA) is 58.6 Å². The van der Waals surface area contributed by atoms with Crippen LogP contribution in [0.25, 0.3) is 0 Å². The molecule has 0 spiro atoms. The molecule has 0 aliphatic rings. The summed E-state index contributed by atoms with van der Waals surface area (Å²) in [5.41, 5.74) is 0.648. The number of anilines is 1. The number of benzene rings is 1. The number of methoxy groups -OCH3 is 1. The molecule has 0 fully saturated rings. The number of carbonyl (C=O) groups excluding carboxylic acids is 2. The van der Waals surface area contributed by atoms with Gasteiger partial charge in [0.25, 0.3) is 0 Å². The summed E-state index contributed by atoms with van der Waals surface area (Å²) >= 11 is 5.74. The maximum Gasteiger partial charge on any atom is 0.321 e. The molecule has 5 nitrogen and oxygen atoms in total. The lowest BCUT2D eigenvalue weighted by Gasteiger charge is -2.17. The Kier molecular flexibility index (Phi) is 5.45. The fourth-order valence-corrected chi connectivity index (χ4v) is 1.34. The Bertz CT molecular complexity index is 420. The second-order valence-corrected chi connectivity index (χ2v) is 4.12.